The summed E-state index contributed by atoms with van der Waals surface area (Å²) in [7, 11) is 4.15. The third-order valence-corrected chi connectivity index (χ3v) is 3.90. The van der Waals surface area contributed by atoms with Crippen LogP contribution in [0, 0.1) is 6.92 Å². The third kappa shape index (κ3) is 4.44. The number of likely N-dealkylation sites (tertiary alicyclic amines) is 1. The molecule has 1 heterocycles. The van der Waals surface area contributed by atoms with Crippen molar-refractivity contribution >= 4 is 17.3 Å². The quantitative estimate of drug-likeness (QED) is 0.808. The largest absolute Gasteiger partial charge is 0.397 e. The highest BCUT2D eigenvalue weighted by Gasteiger charge is 2.26. The molecular weight excluding hydrogens is 264 g/mol. The maximum atomic E-state index is 12.2. The standard InChI is InChI=1S/C16H26N4O/c1-12-6-7-15(14(17)9-12)18-16(21)11-20-8-4-5-13(20)10-19(2)3/h6-7,9,13H,4-5,8,10-11,17H2,1-3H3,(H,18,21). The number of rotatable bonds is 5. The molecule has 1 aromatic carbocycles. The molecule has 5 nitrogen and oxygen atoms in total. The summed E-state index contributed by atoms with van der Waals surface area (Å²) in [6.07, 6.45) is 2.33. The Kier molecular flexibility index (Phi) is 5.20. The monoisotopic (exact) mass is 290 g/mol. The van der Waals surface area contributed by atoms with Gasteiger partial charge in [-0.2, -0.15) is 0 Å². The maximum absolute atomic E-state index is 12.2. The number of carbonyl (C=O) groups is 1. The number of hydrogen-bond acceptors (Lipinski definition) is 4. The van der Waals surface area contributed by atoms with E-state index < -0.39 is 0 Å². The number of nitrogen functional groups attached to an aromatic ring is 1. The van der Waals surface area contributed by atoms with Crippen LogP contribution in [0.4, 0.5) is 11.4 Å². The van der Waals surface area contributed by atoms with Crippen molar-refractivity contribution in [3.63, 3.8) is 0 Å². The topological polar surface area (TPSA) is 61.6 Å². The lowest BCUT2D eigenvalue weighted by molar-refractivity contribution is -0.117. The van der Waals surface area contributed by atoms with Crippen molar-refractivity contribution in [1.29, 1.82) is 0 Å². The van der Waals surface area contributed by atoms with Crippen LogP contribution >= 0.6 is 0 Å². The van der Waals surface area contributed by atoms with Gasteiger partial charge in [-0.3, -0.25) is 9.69 Å². The van der Waals surface area contributed by atoms with E-state index in [4.69, 9.17) is 5.73 Å². The zero-order valence-electron chi connectivity index (χ0n) is 13.2. The molecule has 0 spiro atoms. The first-order valence-electron chi connectivity index (χ1n) is 7.50. The summed E-state index contributed by atoms with van der Waals surface area (Å²) in [6.45, 7) is 4.42. The number of carbonyl (C=O) groups excluding carboxylic acids is 1. The number of nitrogens with two attached hydrogens (primary N) is 1. The molecule has 1 fully saturated rings. The molecule has 3 N–H and O–H groups in total. The molecule has 1 atom stereocenters. The van der Waals surface area contributed by atoms with Gasteiger partial charge in [0.25, 0.3) is 0 Å². The average Bonchev–Trinajstić information content (AvgIpc) is 2.79. The average molecular weight is 290 g/mol. The lowest BCUT2D eigenvalue weighted by atomic mass is 10.2. The van der Waals surface area contributed by atoms with Crippen LogP contribution in [0.5, 0.6) is 0 Å². The Morgan fingerprint density at radius 3 is 2.90 bits per heavy atom. The first-order chi connectivity index (χ1) is 9.95. The van der Waals surface area contributed by atoms with Crippen LogP contribution in [0.1, 0.15) is 18.4 Å². The summed E-state index contributed by atoms with van der Waals surface area (Å²) in [6, 6.07) is 6.17. The molecule has 0 aromatic heterocycles. The number of nitrogens with one attached hydrogen (secondary N) is 1. The summed E-state index contributed by atoms with van der Waals surface area (Å²) in [5.74, 6) is 0.0104. The van der Waals surface area contributed by atoms with Gasteiger partial charge in [0.1, 0.15) is 0 Å². The number of likely N-dealkylation sites (N-methyl/N-ethyl adjacent to an activating group) is 1. The molecule has 2 rings (SSSR count). The van der Waals surface area contributed by atoms with Crippen LogP contribution in [0.3, 0.4) is 0 Å². The maximum Gasteiger partial charge on any atom is 0.238 e. The Morgan fingerprint density at radius 1 is 1.48 bits per heavy atom. The normalized spacial score (nSPS) is 19.1. The molecule has 5 heteroatoms. The number of benzene rings is 1. The molecule has 1 unspecified atom stereocenters. The van der Waals surface area contributed by atoms with E-state index in [1.165, 1.54) is 6.42 Å². The summed E-state index contributed by atoms with van der Waals surface area (Å²) < 4.78 is 0. The second-order valence-corrected chi connectivity index (χ2v) is 6.17. The van der Waals surface area contributed by atoms with E-state index in [0.29, 0.717) is 24.0 Å². The number of amides is 1. The van der Waals surface area contributed by atoms with E-state index in [2.05, 4.69) is 29.2 Å². The minimum Gasteiger partial charge on any atom is -0.397 e. The molecule has 21 heavy (non-hydrogen) atoms. The minimum absolute atomic E-state index is 0.0104. The fourth-order valence-corrected chi connectivity index (χ4v) is 2.90. The van der Waals surface area contributed by atoms with Gasteiger partial charge < -0.3 is 16.0 Å². The molecular formula is C16H26N4O. The second-order valence-electron chi connectivity index (χ2n) is 6.17. The third-order valence-electron chi connectivity index (χ3n) is 3.90. The van der Waals surface area contributed by atoms with E-state index in [1.54, 1.807) is 0 Å². The second kappa shape index (κ2) is 6.91. The van der Waals surface area contributed by atoms with Gasteiger partial charge in [-0.25, -0.2) is 0 Å². The Hall–Kier alpha value is -1.59. The van der Waals surface area contributed by atoms with E-state index in [0.717, 1.165) is 25.1 Å². The van der Waals surface area contributed by atoms with Crippen LogP contribution in [-0.2, 0) is 4.79 Å². The van der Waals surface area contributed by atoms with Crippen LogP contribution in [0.15, 0.2) is 18.2 Å². The van der Waals surface area contributed by atoms with Crippen LogP contribution in [0.25, 0.3) is 0 Å². The van der Waals surface area contributed by atoms with Gasteiger partial charge in [0, 0.05) is 12.6 Å². The Morgan fingerprint density at radius 2 is 2.24 bits per heavy atom. The molecule has 0 saturated carbocycles. The predicted octanol–water partition coefficient (Wildman–Crippen LogP) is 1.54. The van der Waals surface area contributed by atoms with Crippen molar-refractivity contribution in [2.24, 2.45) is 0 Å². The number of hydrogen-bond donors (Lipinski definition) is 2. The molecule has 1 amide bonds. The van der Waals surface area contributed by atoms with Gasteiger partial charge >= 0.3 is 0 Å². The lowest BCUT2D eigenvalue weighted by Crippen LogP contribution is -2.41. The first-order valence-corrected chi connectivity index (χ1v) is 7.50. The van der Waals surface area contributed by atoms with Crippen LogP contribution in [0.2, 0.25) is 0 Å². The Balaban J connectivity index is 1.92. The summed E-state index contributed by atoms with van der Waals surface area (Å²) >= 11 is 0. The van der Waals surface area contributed by atoms with Gasteiger partial charge in [-0.05, 0) is 58.1 Å². The molecule has 1 aliphatic heterocycles. The van der Waals surface area contributed by atoms with Crippen molar-refractivity contribution in [2.45, 2.75) is 25.8 Å². The zero-order chi connectivity index (χ0) is 15.4. The van der Waals surface area contributed by atoms with E-state index in [-0.39, 0.29) is 5.91 Å². The molecule has 1 aliphatic rings. The Labute approximate surface area is 127 Å². The summed E-state index contributed by atoms with van der Waals surface area (Å²) in [4.78, 5) is 16.7. The molecule has 1 aromatic rings. The van der Waals surface area contributed by atoms with Crippen LogP contribution < -0.4 is 11.1 Å². The van der Waals surface area contributed by atoms with Crippen molar-refractivity contribution in [3.8, 4) is 0 Å². The van der Waals surface area contributed by atoms with Crippen molar-refractivity contribution in [1.82, 2.24) is 9.80 Å². The van der Waals surface area contributed by atoms with Gasteiger partial charge in [0.15, 0.2) is 0 Å². The van der Waals surface area contributed by atoms with Crippen molar-refractivity contribution in [3.05, 3.63) is 23.8 Å². The Bertz CT molecular complexity index is 501. The van der Waals surface area contributed by atoms with Crippen molar-refractivity contribution < 1.29 is 4.79 Å². The number of nitrogens with zero attached hydrogens (tertiary/aromatic N) is 2. The van der Waals surface area contributed by atoms with Crippen LogP contribution in [-0.4, -0.2) is 55.5 Å². The number of anilines is 2. The van der Waals surface area contributed by atoms with Crippen molar-refractivity contribution in [2.75, 3.05) is 44.8 Å². The highest BCUT2D eigenvalue weighted by molar-refractivity contribution is 5.95. The van der Waals surface area contributed by atoms with E-state index in [1.807, 2.05) is 25.1 Å². The minimum atomic E-state index is 0.0104. The fraction of sp³-hybridized carbons (Fsp3) is 0.562. The fourth-order valence-electron chi connectivity index (χ4n) is 2.90. The van der Waals surface area contributed by atoms with Gasteiger partial charge in [-0.15, -0.1) is 0 Å². The zero-order valence-corrected chi connectivity index (χ0v) is 13.2. The summed E-state index contributed by atoms with van der Waals surface area (Å²) in [5.41, 5.74) is 8.35. The molecule has 0 bridgehead atoms. The van der Waals surface area contributed by atoms with Gasteiger partial charge in [0.05, 0.1) is 17.9 Å². The van der Waals surface area contributed by atoms with Gasteiger partial charge in [0.2, 0.25) is 5.91 Å². The molecule has 116 valence electrons. The predicted molar refractivity (Wildman–Crippen MR) is 87.4 cm³/mol. The first kappa shape index (κ1) is 15.8. The molecule has 1 saturated heterocycles. The highest BCUT2D eigenvalue weighted by Crippen LogP contribution is 2.21. The molecule has 0 aliphatic carbocycles. The van der Waals surface area contributed by atoms with Gasteiger partial charge in [-0.1, -0.05) is 6.07 Å². The smallest absolute Gasteiger partial charge is 0.238 e. The SMILES string of the molecule is Cc1ccc(NC(=O)CN2CCCC2CN(C)C)c(N)c1. The number of aryl methyl sites for hydroxylation is 1. The highest BCUT2D eigenvalue weighted by atomic mass is 16.2. The lowest BCUT2D eigenvalue weighted by Gasteiger charge is -2.26. The molecule has 0 radical (unpaired) electrons. The summed E-state index contributed by atoms with van der Waals surface area (Å²) in [5, 5.41) is 2.92. The van der Waals surface area contributed by atoms with E-state index in [9.17, 15) is 4.79 Å². The van der Waals surface area contributed by atoms with E-state index >= 15 is 0 Å².